The first-order chi connectivity index (χ1) is 10.1. The molecule has 22 heavy (non-hydrogen) atoms. The SMILES string of the molecule is Cl.O=S(=O)(NCCNC1CCCCCC1)c1cncc(F)c1. The molecular formula is C14H23ClFN3O2S. The van der Waals surface area contributed by atoms with Crippen molar-refractivity contribution in [1.29, 1.82) is 0 Å². The van der Waals surface area contributed by atoms with Crippen LogP contribution in [0.5, 0.6) is 0 Å². The van der Waals surface area contributed by atoms with Gasteiger partial charge in [-0.05, 0) is 18.9 Å². The first-order valence-corrected chi connectivity index (χ1v) is 8.90. The Kier molecular flexibility index (Phi) is 8.24. The molecule has 5 nitrogen and oxygen atoms in total. The largest absolute Gasteiger partial charge is 0.313 e. The summed E-state index contributed by atoms with van der Waals surface area (Å²) in [6, 6.07) is 1.45. The van der Waals surface area contributed by atoms with Crippen LogP contribution in [0.2, 0.25) is 0 Å². The number of halogens is 2. The van der Waals surface area contributed by atoms with Gasteiger partial charge in [0, 0.05) is 25.3 Å². The highest BCUT2D eigenvalue weighted by Crippen LogP contribution is 2.16. The van der Waals surface area contributed by atoms with E-state index in [4.69, 9.17) is 0 Å². The van der Waals surface area contributed by atoms with Crippen LogP contribution in [0.3, 0.4) is 0 Å². The topological polar surface area (TPSA) is 71.1 Å². The summed E-state index contributed by atoms with van der Waals surface area (Å²) in [7, 11) is -3.69. The maximum atomic E-state index is 13.0. The molecule has 0 bridgehead atoms. The van der Waals surface area contributed by atoms with Crippen LogP contribution >= 0.6 is 12.4 Å². The van der Waals surface area contributed by atoms with Gasteiger partial charge in [-0.2, -0.15) is 0 Å². The molecule has 1 heterocycles. The lowest BCUT2D eigenvalue weighted by Crippen LogP contribution is -2.36. The number of hydrogen-bond acceptors (Lipinski definition) is 4. The van der Waals surface area contributed by atoms with Crippen LogP contribution in [-0.2, 0) is 10.0 Å². The summed E-state index contributed by atoms with van der Waals surface area (Å²) < 4.78 is 39.4. The summed E-state index contributed by atoms with van der Waals surface area (Å²) in [6.07, 6.45) is 9.48. The third-order valence-corrected chi connectivity index (χ3v) is 5.12. The first kappa shape index (κ1) is 19.3. The van der Waals surface area contributed by atoms with E-state index in [2.05, 4.69) is 15.0 Å². The Bertz CT molecular complexity index is 549. The highest BCUT2D eigenvalue weighted by atomic mass is 35.5. The molecule has 0 aliphatic heterocycles. The lowest BCUT2D eigenvalue weighted by atomic mass is 10.1. The van der Waals surface area contributed by atoms with E-state index in [1.165, 1.54) is 25.7 Å². The van der Waals surface area contributed by atoms with Crippen LogP contribution in [0.1, 0.15) is 38.5 Å². The number of nitrogens with one attached hydrogen (secondary N) is 2. The molecule has 0 saturated heterocycles. The molecule has 1 aromatic heterocycles. The Hall–Kier alpha value is -0.760. The number of rotatable bonds is 6. The molecule has 0 aromatic carbocycles. The van der Waals surface area contributed by atoms with Gasteiger partial charge in [0.2, 0.25) is 10.0 Å². The summed E-state index contributed by atoms with van der Waals surface area (Å²) in [4.78, 5) is 3.41. The van der Waals surface area contributed by atoms with Crippen molar-refractivity contribution in [3.8, 4) is 0 Å². The standard InChI is InChI=1S/C14H22FN3O2S.ClH/c15-12-9-14(11-16-10-12)21(19,20)18-8-7-17-13-5-3-1-2-4-6-13;/h9-11,13,17-18H,1-8H2;1H. The highest BCUT2D eigenvalue weighted by Gasteiger charge is 2.15. The zero-order chi connectivity index (χ0) is 15.1. The molecule has 1 aromatic rings. The molecule has 2 rings (SSSR count). The summed E-state index contributed by atoms with van der Waals surface area (Å²) in [5.41, 5.74) is 0. The molecule has 1 aliphatic carbocycles. The van der Waals surface area contributed by atoms with Crippen molar-refractivity contribution >= 4 is 22.4 Å². The molecule has 1 aliphatic rings. The molecule has 0 unspecified atom stereocenters. The molecule has 8 heteroatoms. The summed E-state index contributed by atoms with van der Waals surface area (Å²) >= 11 is 0. The van der Waals surface area contributed by atoms with Gasteiger partial charge in [-0.25, -0.2) is 17.5 Å². The normalized spacial score (nSPS) is 16.8. The van der Waals surface area contributed by atoms with Crippen LogP contribution in [0.4, 0.5) is 4.39 Å². The van der Waals surface area contributed by atoms with Gasteiger partial charge >= 0.3 is 0 Å². The minimum Gasteiger partial charge on any atom is -0.313 e. The third-order valence-electron chi connectivity index (χ3n) is 3.70. The van der Waals surface area contributed by atoms with E-state index in [9.17, 15) is 12.8 Å². The van der Waals surface area contributed by atoms with Gasteiger partial charge in [-0.3, -0.25) is 4.98 Å². The van der Waals surface area contributed by atoms with Crippen molar-refractivity contribution in [2.45, 2.75) is 49.5 Å². The first-order valence-electron chi connectivity index (χ1n) is 7.41. The van der Waals surface area contributed by atoms with Gasteiger partial charge in [0.25, 0.3) is 0 Å². The van der Waals surface area contributed by atoms with Gasteiger partial charge in [0.05, 0.1) is 6.20 Å². The van der Waals surface area contributed by atoms with E-state index >= 15 is 0 Å². The van der Waals surface area contributed by atoms with Crippen LogP contribution in [0.25, 0.3) is 0 Å². The molecule has 0 spiro atoms. The molecule has 2 N–H and O–H groups in total. The average Bonchev–Trinajstić information content (AvgIpc) is 2.72. The van der Waals surface area contributed by atoms with E-state index in [1.807, 2.05) is 0 Å². The van der Waals surface area contributed by atoms with Crippen molar-refractivity contribution in [3.63, 3.8) is 0 Å². The smallest absolute Gasteiger partial charge is 0.242 e. The fourth-order valence-corrected chi connectivity index (χ4v) is 3.57. The maximum absolute atomic E-state index is 13.0. The lowest BCUT2D eigenvalue weighted by molar-refractivity contribution is 0.461. The summed E-state index contributed by atoms with van der Waals surface area (Å²) in [5.74, 6) is -0.658. The fourth-order valence-electron chi connectivity index (χ4n) is 2.57. The van der Waals surface area contributed by atoms with Crippen LogP contribution in [0, 0.1) is 5.82 Å². The summed E-state index contributed by atoms with van der Waals surface area (Å²) in [5, 5.41) is 3.38. The second-order valence-corrected chi connectivity index (χ2v) is 7.15. The number of nitrogens with zero attached hydrogens (tertiary/aromatic N) is 1. The van der Waals surface area contributed by atoms with E-state index in [0.29, 0.717) is 12.6 Å². The quantitative estimate of drug-likeness (QED) is 0.609. The fraction of sp³-hybridized carbons (Fsp3) is 0.643. The third kappa shape index (κ3) is 6.16. The molecule has 0 amide bonds. The number of pyridine rings is 1. The second kappa shape index (κ2) is 9.39. The van der Waals surface area contributed by atoms with Crippen molar-refractivity contribution in [3.05, 3.63) is 24.3 Å². The monoisotopic (exact) mass is 351 g/mol. The Morgan fingerprint density at radius 2 is 1.82 bits per heavy atom. The molecule has 1 fully saturated rings. The van der Waals surface area contributed by atoms with Crippen molar-refractivity contribution in [1.82, 2.24) is 15.0 Å². The number of sulfonamides is 1. The minimum atomic E-state index is -3.69. The Morgan fingerprint density at radius 1 is 1.14 bits per heavy atom. The molecule has 126 valence electrons. The number of hydrogen-bond donors (Lipinski definition) is 2. The Labute approximate surface area is 137 Å². The van der Waals surface area contributed by atoms with Gasteiger partial charge < -0.3 is 5.32 Å². The van der Waals surface area contributed by atoms with Crippen LogP contribution in [-0.4, -0.2) is 32.5 Å². The Balaban J connectivity index is 0.00000242. The predicted octanol–water partition coefficient (Wildman–Crippen LogP) is 2.23. The minimum absolute atomic E-state index is 0. The van der Waals surface area contributed by atoms with Crippen molar-refractivity contribution in [2.24, 2.45) is 0 Å². The van der Waals surface area contributed by atoms with Gasteiger partial charge in [0.1, 0.15) is 10.7 Å². The Morgan fingerprint density at radius 3 is 2.45 bits per heavy atom. The number of aromatic nitrogens is 1. The van der Waals surface area contributed by atoms with Crippen LogP contribution in [0.15, 0.2) is 23.4 Å². The van der Waals surface area contributed by atoms with Gasteiger partial charge in [-0.15, -0.1) is 12.4 Å². The van der Waals surface area contributed by atoms with Crippen molar-refractivity contribution in [2.75, 3.05) is 13.1 Å². The van der Waals surface area contributed by atoms with Crippen molar-refractivity contribution < 1.29 is 12.8 Å². The molecular weight excluding hydrogens is 329 g/mol. The van der Waals surface area contributed by atoms with Gasteiger partial charge in [-0.1, -0.05) is 25.7 Å². The van der Waals surface area contributed by atoms with E-state index in [-0.39, 0.29) is 23.8 Å². The van der Waals surface area contributed by atoms with E-state index < -0.39 is 15.8 Å². The summed E-state index contributed by atoms with van der Waals surface area (Å²) in [6.45, 7) is 0.863. The van der Waals surface area contributed by atoms with Crippen LogP contribution < -0.4 is 10.0 Å². The highest BCUT2D eigenvalue weighted by molar-refractivity contribution is 7.89. The van der Waals surface area contributed by atoms with E-state index in [0.717, 1.165) is 31.3 Å². The lowest BCUT2D eigenvalue weighted by Gasteiger charge is -2.16. The molecule has 1 saturated carbocycles. The molecule has 0 atom stereocenters. The average molecular weight is 352 g/mol. The predicted molar refractivity (Wildman–Crippen MR) is 86.1 cm³/mol. The van der Waals surface area contributed by atoms with E-state index in [1.54, 1.807) is 0 Å². The maximum Gasteiger partial charge on any atom is 0.242 e. The molecule has 0 radical (unpaired) electrons. The zero-order valence-electron chi connectivity index (χ0n) is 12.4. The second-order valence-electron chi connectivity index (χ2n) is 5.38. The zero-order valence-corrected chi connectivity index (χ0v) is 14.1. The van der Waals surface area contributed by atoms with Gasteiger partial charge in [0.15, 0.2) is 0 Å².